The largest absolute Gasteiger partial charge is 0.314 e. The van der Waals surface area contributed by atoms with Gasteiger partial charge in [-0.3, -0.25) is 4.98 Å². The maximum atomic E-state index is 11.4. The summed E-state index contributed by atoms with van der Waals surface area (Å²) in [7, 11) is -1.80. The van der Waals surface area contributed by atoms with Gasteiger partial charge in [0.2, 0.25) is 10.0 Å². The van der Waals surface area contributed by atoms with Crippen LogP contribution in [0, 0.1) is 0 Å². The van der Waals surface area contributed by atoms with E-state index < -0.39 is 10.0 Å². The zero-order valence-electron chi connectivity index (χ0n) is 9.10. The van der Waals surface area contributed by atoms with Crippen molar-refractivity contribution in [1.82, 2.24) is 10.3 Å². The first kappa shape index (κ1) is 11.5. The molecule has 0 radical (unpaired) electrons. The molecule has 1 heterocycles. The molecule has 0 aromatic carbocycles. The number of hydrogen-bond acceptors (Lipinski definition) is 4. The molecule has 3 N–H and O–H groups in total. The van der Waals surface area contributed by atoms with Crippen molar-refractivity contribution in [3.05, 3.63) is 24.0 Å². The highest BCUT2D eigenvalue weighted by Gasteiger charge is 2.42. The Morgan fingerprint density at radius 1 is 1.56 bits per heavy atom. The third-order valence-electron chi connectivity index (χ3n) is 3.04. The van der Waals surface area contributed by atoms with E-state index in [1.54, 1.807) is 12.3 Å². The van der Waals surface area contributed by atoms with Crippen molar-refractivity contribution in [3.8, 4) is 0 Å². The summed E-state index contributed by atoms with van der Waals surface area (Å²) in [6, 6.07) is 3.09. The van der Waals surface area contributed by atoms with Gasteiger partial charge in [0.05, 0.1) is 5.69 Å². The van der Waals surface area contributed by atoms with Crippen LogP contribution in [-0.2, 0) is 16.4 Å². The van der Waals surface area contributed by atoms with E-state index in [9.17, 15) is 8.42 Å². The zero-order chi connectivity index (χ0) is 11.8. The van der Waals surface area contributed by atoms with Crippen LogP contribution in [0.4, 0.5) is 0 Å². The first-order chi connectivity index (χ1) is 7.47. The number of nitrogens with zero attached hydrogens (tertiary/aromatic N) is 1. The molecule has 1 fully saturated rings. The number of pyridine rings is 1. The van der Waals surface area contributed by atoms with Crippen molar-refractivity contribution in [1.29, 1.82) is 0 Å². The first-order valence-electron chi connectivity index (χ1n) is 5.12. The van der Waals surface area contributed by atoms with Crippen molar-refractivity contribution < 1.29 is 8.42 Å². The Morgan fingerprint density at radius 3 is 2.75 bits per heavy atom. The summed E-state index contributed by atoms with van der Waals surface area (Å²) in [6.07, 6.45) is 4.29. The lowest BCUT2D eigenvalue weighted by atomic mass is 10.1. The van der Waals surface area contributed by atoms with Crippen LogP contribution >= 0.6 is 0 Å². The van der Waals surface area contributed by atoms with Gasteiger partial charge in [0, 0.05) is 18.2 Å². The van der Waals surface area contributed by atoms with Crippen molar-refractivity contribution in [2.24, 2.45) is 5.14 Å². The average Bonchev–Trinajstić information content (AvgIpc) is 2.98. The van der Waals surface area contributed by atoms with Gasteiger partial charge in [-0.15, -0.1) is 0 Å². The van der Waals surface area contributed by atoms with E-state index in [0.29, 0.717) is 12.1 Å². The summed E-state index contributed by atoms with van der Waals surface area (Å²) in [6.45, 7) is 0. The van der Waals surface area contributed by atoms with Crippen LogP contribution in [0.5, 0.6) is 0 Å². The van der Waals surface area contributed by atoms with Crippen LogP contribution in [-0.4, -0.2) is 26.0 Å². The van der Waals surface area contributed by atoms with Gasteiger partial charge in [-0.25, -0.2) is 13.6 Å². The minimum atomic E-state index is -3.68. The molecule has 5 nitrogen and oxygen atoms in total. The predicted molar refractivity (Wildman–Crippen MR) is 60.3 cm³/mol. The molecule has 0 bridgehead atoms. The Labute approximate surface area is 95.1 Å². The molecule has 0 saturated heterocycles. The van der Waals surface area contributed by atoms with Crippen LogP contribution in [0.1, 0.15) is 18.5 Å². The van der Waals surface area contributed by atoms with Crippen LogP contribution in [0.15, 0.2) is 23.2 Å². The topological polar surface area (TPSA) is 85.1 Å². The lowest BCUT2D eigenvalue weighted by molar-refractivity contribution is 0.534. The van der Waals surface area contributed by atoms with Crippen molar-refractivity contribution >= 4 is 10.0 Å². The Kier molecular flexibility index (Phi) is 2.73. The lowest BCUT2D eigenvalue weighted by Gasteiger charge is -2.14. The van der Waals surface area contributed by atoms with E-state index >= 15 is 0 Å². The predicted octanol–water partition coefficient (Wildman–Crippen LogP) is 0.0235. The molecule has 1 aromatic rings. The maximum absolute atomic E-state index is 11.4. The quantitative estimate of drug-likeness (QED) is 0.778. The highest BCUT2D eigenvalue weighted by molar-refractivity contribution is 7.89. The Balaban J connectivity index is 2.34. The van der Waals surface area contributed by atoms with Crippen molar-refractivity contribution in [2.45, 2.75) is 29.7 Å². The molecule has 2 rings (SSSR count). The molecule has 1 aliphatic carbocycles. The number of likely N-dealkylation sites (N-methyl/N-ethyl adjacent to an activating group) is 1. The second kappa shape index (κ2) is 3.80. The summed E-state index contributed by atoms with van der Waals surface area (Å²) in [5.41, 5.74) is 0.574. The molecule has 0 amide bonds. The number of primary sulfonamides is 1. The lowest BCUT2D eigenvalue weighted by Crippen LogP contribution is -2.31. The number of rotatable bonds is 4. The molecule has 1 aromatic heterocycles. The highest BCUT2D eigenvalue weighted by Crippen LogP contribution is 2.38. The fourth-order valence-electron chi connectivity index (χ4n) is 1.80. The molecule has 0 atom stereocenters. The van der Waals surface area contributed by atoms with E-state index in [1.807, 2.05) is 7.05 Å². The summed E-state index contributed by atoms with van der Waals surface area (Å²) in [5, 5.41) is 8.35. The smallest absolute Gasteiger partial charge is 0.239 e. The van der Waals surface area contributed by atoms with Gasteiger partial charge in [-0.1, -0.05) is 0 Å². The van der Waals surface area contributed by atoms with Gasteiger partial charge < -0.3 is 5.32 Å². The van der Waals surface area contributed by atoms with E-state index in [0.717, 1.165) is 12.8 Å². The summed E-state index contributed by atoms with van der Waals surface area (Å²) in [4.78, 5) is 4.25. The second-order valence-corrected chi connectivity index (χ2v) is 5.73. The highest BCUT2D eigenvalue weighted by atomic mass is 32.2. The SMILES string of the molecule is CNC1(Cc2ncccc2S(N)(=O)=O)CC1. The summed E-state index contributed by atoms with van der Waals surface area (Å²) >= 11 is 0. The monoisotopic (exact) mass is 241 g/mol. The van der Waals surface area contributed by atoms with Crippen LogP contribution in [0.2, 0.25) is 0 Å². The number of nitrogens with two attached hydrogens (primary N) is 1. The Bertz CT molecular complexity index is 495. The Hall–Kier alpha value is -0.980. The van der Waals surface area contributed by atoms with Gasteiger partial charge in [0.15, 0.2) is 0 Å². The minimum Gasteiger partial charge on any atom is -0.314 e. The molecule has 6 heteroatoms. The number of sulfonamides is 1. The van der Waals surface area contributed by atoms with Crippen LogP contribution < -0.4 is 10.5 Å². The fraction of sp³-hybridized carbons (Fsp3) is 0.500. The number of aromatic nitrogens is 1. The molecule has 0 aliphatic heterocycles. The molecule has 88 valence electrons. The molecule has 16 heavy (non-hydrogen) atoms. The minimum absolute atomic E-state index is 0.0216. The normalized spacial score (nSPS) is 18.4. The van der Waals surface area contributed by atoms with E-state index in [4.69, 9.17) is 5.14 Å². The summed E-state index contributed by atoms with van der Waals surface area (Å²) < 4.78 is 22.7. The van der Waals surface area contributed by atoms with Crippen molar-refractivity contribution in [3.63, 3.8) is 0 Å². The summed E-state index contributed by atoms with van der Waals surface area (Å²) in [5.74, 6) is 0. The van der Waals surface area contributed by atoms with E-state index in [2.05, 4.69) is 10.3 Å². The van der Waals surface area contributed by atoms with Gasteiger partial charge in [0.25, 0.3) is 0 Å². The number of nitrogens with one attached hydrogen (secondary N) is 1. The molecule has 1 aliphatic rings. The number of hydrogen-bond donors (Lipinski definition) is 2. The molecular weight excluding hydrogens is 226 g/mol. The van der Waals surface area contributed by atoms with Crippen LogP contribution in [0.25, 0.3) is 0 Å². The average molecular weight is 241 g/mol. The first-order valence-corrected chi connectivity index (χ1v) is 6.67. The zero-order valence-corrected chi connectivity index (χ0v) is 9.92. The van der Waals surface area contributed by atoms with Crippen molar-refractivity contribution in [2.75, 3.05) is 7.05 Å². The van der Waals surface area contributed by atoms with E-state index in [-0.39, 0.29) is 10.4 Å². The van der Waals surface area contributed by atoms with E-state index in [1.165, 1.54) is 6.07 Å². The van der Waals surface area contributed by atoms with Gasteiger partial charge in [-0.2, -0.15) is 0 Å². The second-order valence-electron chi connectivity index (χ2n) is 4.20. The van der Waals surface area contributed by atoms with Gasteiger partial charge in [0.1, 0.15) is 4.90 Å². The third-order valence-corrected chi connectivity index (χ3v) is 4.03. The molecular formula is C10H15N3O2S. The molecule has 0 spiro atoms. The third kappa shape index (κ3) is 2.23. The standard InChI is InChI=1S/C10H15N3O2S/c1-12-10(4-5-10)7-8-9(16(11,14)15)3-2-6-13-8/h2-3,6,12H,4-5,7H2,1H3,(H2,11,14,15). The molecule has 1 saturated carbocycles. The maximum Gasteiger partial charge on any atom is 0.239 e. The molecule has 0 unspecified atom stereocenters. The van der Waals surface area contributed by atoms with Gasteiger partial charge >= 0.3 is 0 Å². The fourth-order valence-corrected chi connectivity index (χ4v) is 2.52. The van der Waals surface area contributed by atoms with Crippen LogP contribution in [0.3, 0.4) is 0 Å². The Morgan fingerprint density at radius 2 is 2.25 bits per heavy atom. The van der Waals surface area contributed by atoms with Gasteiger partial charge in [-0.05, 0) is 32.0 Å².